The number of carbonyl (C=O) groups excluding carboxylic acids is 1. The van der Waals surface area contributed by atoms with Crippen LogP contribution in [0.4, 0.5) is 5.69 Å². The van der Waals surface area contributed by atoms with Crippen LogP contribution in [0, 0.1) is 5.92 Å². The number of hydrogen-bond donors (Lipinski definition) is 3. The second-order valence-electron chi connectivity index (χ2n) is 4.41. The SMILES string of the molecule is N[C@@H](CC1CC1)C(=O)Nc1cccc(Br)c1O. The van der Waals surface area contributed by atoms with Gasteiger partial charge < -0.3 is 16.2 Å². The molecule has 1 aliphatic carbocycles. The van der Waals surface area contributed by atoms with Gasteiger partial charge in [-0.3, -0.25) is 4.79 Å². The third-order valence-corrected chi connectivity index (χ3v) is 3.51. The highest BCUT2D eigenvalue weighted by Gasteiger charge is 2.27. The van der Waals surface area contributed by atoms with Crippen LogP contribution < -0.4 is 11.1 Å². The Labute approximate surface area is 108 Å². The van der Waals surface area contributed by atoms with Gasteiger partial charge >= 0.3 is 0 Å². The second-order valence-corrected chi connectivity index (χ2v) is 5.27. The van der Waals surface area contributed by atoms with Crippen molar-refractivity contribution in [2.45, 2.75) is 25.3 Å². The van der Waals surface area contributed by atoms with Crippen LogP contribution in [0.1, 0.15) is 19.3 Å². The molecule has 1 amide bonds. The van der Waals surface area contributed by atoms with E-state index in [9.17, 15) is 9.90 Å². The summed E-state index contributed by atoms with van der Waals surface area (Å²) in [5.41, 5.74) is 6.17. The fourth-order valence-corrected chi connectivity index (χ4v) is 2.03. The third-order valence-electron chi connectivity index (χ3n) is 2.87. The minimum atomic E-state index is -0.499. The number of carbonyl (C=O) groups is 1. The summed E-state index contributed by atoms with van der Waals surface area (Å²) in [5.74, 6) is 0.386. The summed E-state index contributed by atoms with van der Waals surface area (Å²) in [6, 6.07) is 4.59. The maximum Gasteiger partial charge on any atom is 0.241 e. The summed E-state index contributed by atoms with van der Waals surface area (Å²) in [5, 5.41) is 12.4. The number of hydrogen-bond acceptors (Lipinski definition) is 3. The van der Waals surface area contributed by atoms with Crippen molar-refractivity contribution in [3.05, 3.63) is 22.7 Å². The van der Waals surface area contributed by atoms with Gasteiger partial charge in [-0.2, -0.15) is 0 Å². The standard InChI is InChI=1S/C12H15BrN2O2/c13-8-2-1-3-10(11(8)16)15-12(17)9(14)6-7-4-5-7/h1-3,7,9,16H,4-6,14H2,(H,15,17)/t9-/m0/s1. The lowest BCUT2D eigenvalue weighted by atomic mass is 10.1. The first kappa shape index (κ1) is 12.4. The van der Waals surface area contributed by atoms with E-state index in [1.54, 1.807) is 18.2 Å². The van der Waals surface area contributed by atoms with E-state index in [1.165, 1.54) is 12.8 Å². The molecule has 0 aromatic heterocycles. The molecule has 4 nitrogen and oxygen atoms in total. The summed E-state index contributed by atoms with van der Waals surface area (Å²) in [6.07, 6.45) is 3.06. The molecule has 1 saturated carbocycles. The zero-order chi connectivity index (χ0) is 12.4. The smallest absolute Gasteiger partial charge is 0.241 e. The largest absolute Gasteiger partial charge is 0.505 e. The minimum absolute atomic E-state index is 0.0273. The topological polar surface area (TPSA) is 75.4 Å². The van der Waals surface area contributed by atoms with Crippen molar-refractivity contribution in [2.24, 2.45) is 11.7 Å². The molecule has 0 aliphatic heterocycles. The molecule has 17 heavy (non-hydrogen) atoms. The third kappa shape index (κ3) is 3.20. The number of phenols is 1. The van der Waals surface area contributed by atoms with Crippen LogP contribution in [-0.4, -0.2) is 17.1 Å². The van der Waals surface area contributed by atoms with Gasteiger partial charge in [0, 0.05) is 0 Å². The Morgan fingerprint density at radius 1 is 1.59 bits per heavy atom. The number of nitrogens with two attached hydrogens (primary N) is 1. The van der Waals surface area contributed by atoms with Crippen LogP contribution in [0.3, 0.4) is 0 Å². The van der Waals surface area contributed by atoms with Crippen LogP contribution in [0.2, 0.25) is 0 Å². The summed E-state index contributed by atoms with van der Waals surface area (Å²) in [6.45, 7) is 0. The van der Waals surface area contributed by atoms with Crippen molar-refractivity contribution in [2.75, 3.05) is 5.32 Å². The van der Waals surface area contributed by atoms with Gasteiger partial charge in [-0.15, -0.1) is 0 Å². The van der Waals surface area contributed by atoms with Gasteiger partial charge in [0.05, 0.1) is 16.2 Å². The van der Waals surface area contributed by atoms with Crippen LogP contribution in [0.25, 0.3) is 0 Å². The molecule has 0 heterocycles. The number of amides is 1. The zero-order valence-corrected chi connectivity index (χ0v) is 10.9. The average molecular weight is 299 g/mol. The predicted octanol–water partition coefficient (Wildman–Crippen LogP) is 2.22. The maximum atomic E-state index is 11.8. The number of halogens is 1. The molecule has 1 aromatic rings. The first-order valence-corrected chi connectivity index (χ1v) is 6.41. The zero-order valence-electron chi connectivity index (χ0n) is 9.32. The highest BCUT2D eigenvalue weighted by molar-refractivity contribution is 9.10. The number of para-hydroxylation sites is 1. The molecular formula is C12H15BrN2O2. The number of aromatic hydroxyl groups is 1. The predicted molar refractivity (Wildman–Crippen MR) is 69.8 cm³/mol. The van der Waals surface area contributed by atoms with Crippen LogP contribution in [0.5, 0.6) is 5.75 Å². The van der Waals surface area contributed by atoms with Gasteiger partial charge in [0.1, 0.15) is 0 Å². The molecule has 1 fully saturated rings. The number of nitrogens with one attached hydrogen (secondary N) is 1. The Bertz CT molecular complexity index is 433. The Hall–Kier alpha value is -1.07. The number of phenolic OH excluding ortho intramolecular Hbond substituents is 1. The Balaban J connectivity index is 1.99. The molecule has 1 aromatic carbocycles. The molecular weight excluding hydrogens is 284 g/mol. The van der Waals surface area contributed by atoms with Gasteiger partial charge in [-0.25, -0.2) is 0 Å². The minimum Gasteiger partial charge on any atom is -0.505 e. The van der Waals surface area contributed by atoms with Gasteiger partial charge in [-0.1, -0.05) is 18.9 Å². The van der Waals surface area contributed by atoms with E-state index in [1.807, 2.05) is 0 Å². The normalized spacial score (nSPS) is 16.6. The lowest BCUT2D eigenvalue weighted by Gasteiger charge is -2.13. The lowest BCUT2D eigenvalue weighted by Crippen LogP contribution is -2.36. The molecule has 1 aliphatic rings. The molecule has 5 heteroatoms. The molecule has 0 unspecified atom stereocenters. The molecule has 0 saturated heterocycles. The van der Waals surface area contributed by atoms with Crippen molar-refractivity contribution >= 4 is 27.5 Å². The fourth-order valence-electron chi connectivity index (χ4n) is 1.66. The van der Waals surface area contributed by atoms with E-state index >= 15 is 0 Å². The first-order chi connectivity index (χ1) is 8.08. The maximum absolute atomic E-state index is 11.8. The van der Waals surface area contributed by atoms with Gasteiger partial charge in [-0.05, 0) is 40.4 Å². The number of anilines is 1. The van der Waals surface area contributed by atoms with E-state index in [0.717, 1.165) is 6.42 Å². The van der Waals surface area contributed by atoms with Gasteiger partial charge in [0.15, 0.2) is 5.75 Å². The van der Waals surface area contributed by atoms with Crippen LogP contribution in [-0.2, 0) is 4.79 Å². The fraction of sp³-hybridized carbons (Fsp3) is 0.417. The second kappa shape index (κ2) is 5.06. The van der Waals surface area contributed by atoms with Crippen molar-refractivity contribution in [3.63, 3.8) is 0 Å². The van der Waals surface area contributed by atoms with E-state index in [-0.39, 0.29) is 11.7 Å². The van der Waals surface area contributed by atoms with Gasteiger partial charge in [0.2, 0.25) is 5.91 Å². The highest BCUT2D eigenvalue weighted by atomic mass is 79.9. The molecule has 92 valence electrons. The number of rotatable bonds is 4. The van der Waals surface area contributed by atoms with Crippen LogP contribution >= 0.6 is 15.9 Å². The Kier molecular flexibility index (Phi) is 3.69. The van der Waals surface area contributed by atoms with Gasteiger partial charge in [0.25, 0.3) is 0 Å². The summed E-state index contributed by atoms with van der Waals surface area (Å²) in [4.78, 5) is 11.8. The molecule has 0 bridgehead atoms. The summed E-state index contributed by atoms with van der Waals surface area (Å²) < 4.78 is 0.547. The summed E-state index contributed by atoms with van der Waals surface area (Å²) >= 11 is 3.19. The van der Waals surface area contributed by atoms with Crippen LogP contribution in [0.15, 0.2) is 22.7 Å². The van der Waals surface area contributed by atoms with E-state index < -0.39 is 6.04 Å². The lowest BCUT2D eigenvalue weighted by molar-refractivity contribution is -0.117. The van der Waals surface area contributed by atoms with E-state index in [2.05, 4.69) is 21.2 Å². The van der Waals surface area contributed by atoms with Crippen molar-refractivity contribution in [1.82, 2.24) is 0 Å². The quantitative estimate of drug-likeness (QED) is 0.746. The average Bonchev–Trinajstić information content (AvgIpc) is 3.08. The van der Waals surface area contributed by atoms with Crippen molar-refractivity contribution in [3.8, 4) is 5.75 Å². The van der Waals surface area contributed by atoms with E-state index in [4.69, 9.17) is 5.73 Å². The summed E-state index contributed by atoms with van der Waals surface area (Å²) in [7, 11) is 0. The Morgan fingerprint density at radius 2 is 2.29 bits per heavy atom. The highest BCUT2D eigenvalue weighted by Crippen LogP contribution is 2.34. The molecule has 1 atom stereocenters. The molecule has 0 radical (unpaired) electrons. The Morgan fingerprint density at radius 3 is 2.94 bits per heavy atom. The molecule has 4 N–H and O–H groups in total. The molecule has 0 spiro atoms. The first-order valence-electron chi connectivity index (χ1n) is 5.62. The monoisotopic (exact) mass is 298 g/mol. The molecule has 2 rings (SSSR count). The number of benzene rings is 1. The van der Waals surface area contributed by atoms with E-state index in [0.29, 0.717) is 16.1 Å². The van der Waals surface area contributed by atoms with Crippen molar-refractivity contribution < 1.29 is 9.90 Å². The van der Waals surface area contributed by atoms with Crippen molar-refractivity contribution in [1.29, 1.82) is 0 Å².